The molecule has 0 aromatic carbocycles. The Labute approximate surface area is 161 Å². The number of pyridine rings is 1. The van der Waals surface area contributed by atoms with Crippen molar-refractivity contribution in [3.05, 3.63) is 59.2 Å². The molecular formula is C20H19N7O. The molecule has 4 aromatic rings. The van der Waals surface area contributed by atoms with Crippen LogP contribution in [0.3, 0.4) is 0 Å². The van der Waals surface area contributed by atoms with Gasteiger partial charge >= 0.3 is 0 Å². The van der Waals surface area contributed by atoms with E-state index in [0.717, 1.165) is 54.3 Å². The molecule has 0 saturated heterocycles. The molecule has 2 N–H and O–H groups in total. The van der Waals surface area contributed by atoms with Crippen molar-refractivity contribution >= 4 is 11.6 Å². The average Bonchev–Trinajstić information content (AvgIpc) is 3.29. The number of carbonyl (C=O) groups is 1. The molecule has 1 aliphatic carbocycles. The summed E-state index contributed by atoms with van der Waals surface area (Å²) >= 11 is 0. The topological polar surface area (TPSA) is 104 Å². The van der Waals surface area contributed by atoms with Crippen LogP contribution in [0.2, 0.25) is 0 Å². The molecule has 8 heteroatoms. The van der Waals surface area contributed by atoms with Crippen LogP contribution in [-0.2, 0) is 12.8 Å². The lowest BCUT2D eigenvalue weighted by molar-refractivity contribution is 0.100. The third-order valence-corrected chi connectivity index (χ3v) is 5.12. The van der Waals surface area contributed by atoms with Gasteiger partial charge in [-0.2, -0.15) is 10.2 Å². The fraction of sp³-hybridized carbons (Fsp3) is 0.250. The maximum absolute atomic E-state index is 11.7. The fourth-order valence-corrected chi connectivity index (χ4v) is 3.80. The van der Waals surface area contributed by atoms with Crippen molar-refractivity contribution in [3.8, 4) is 17.2 Å². The number of primary amides is 1. The van der Waals surface area contributed by atoms with E-state index in [2.05, 4.69) is 10.1 Å². The molecule has 0 aliphatic heterocycles. The van der Waals surface area contributed by atoms with Crippen LogP contribution in [0.15, 0.2) is 36.7 Å². The predicted molar refractivity (Wildman–Crippen MR) is 103 cm³/mol. The van der Waals surface area contributed by atoms with Gasteiger partial charge in [0.25, 0.3) is 5.91 Å². The van der Waals surface area contributed by atoms with E-state index in [4.69, 9.17) is 15.8 Å². The number of hydrogen-bond donors (Lipinski definition) is 1. The molecule has 140 valence electrons. The summed E-state index contributed by atoms with van der Waals surface area (Å²) < 4.78 is 3.43. The normalized spacial score (nSPS) is 13.6. The molecule has 0 atom stereocenters. The zero-order chi connectivity index (χ0) is 19.3. The summed E-state index contributed by atoms with van der Waals surface area (Å²) in [7, 11) is 0. The molecule has 4 aromatic heterocycles. The Morgan fingerprint density at radius 2 is 2.00 bits per heavy atom. The van der Waals surface area contributed by atoms with E-state index in [0.29, 0.717) is 11.2 Å². The molecule has 1 amide bonds. The van der Waals surface area contributed by atoms with Crippen molar-refractivity contribution in [2.24, 2.45) is 5.73 Å². The molecule has 5 rings (SSSR count). The lowest BCUT2D eigenvalue weighted by Crippen LogP contribution is -2.11. The molecule has 0 bridgehead atoms. The standard InChI is InChI=1S/C20H19N7O/c1-12-5-4-8-17(23-12)27-18(13-6-2-3-7-15(13)25-27)16-9-10-26-20(24-16)14(11-22-26)19(21)28/h4-5,8-11H,2-3,6-7H2,1H3,(H2,21,28). The number of amides is 1. The van der Waals surface area contributed by atoms with Crippen molar-refractivity contribution in [2.45, 2.75) is 32.6 Å². The lowest BCUT2D eigenvalue weighted by Gasteiger charge is -2.12. The van der Waals surface area contributed by atoms with Gasteiger partial charge in [-0.1, -0.05) is 6.07 Å². The van der Waals surface area contributed by atoms with Gasteiger partial charge in [-0.25, -0.2) is 19.2 Å². The number of carbonyl (C=O) groups excluding carboxylic acids is 1. The Morgan fingerprint density at radius 1 is 1.14 bits per heavy atom. The van der Waals surface area contributed by atoms with E-state index in [1.54, 1.807) is 10.7 Å². The van der Waals surface area contributed by atoms with Gasteiger partial charge < -0.3 is 5.73 Å². The minimum absolute atomic E-state index is 0.301. The van der Waals surface area contributed by atoms with Crippen LogP contribution in [0.1, 0.15) is 40.2 Å². The van der Waals surface area contributed by atoms with Crippen LogP contribution in [0.25, 0.3) is 22.9 Å². The summed E-state index contributed by atoms with van der Waals surface area (Å²) in [6.45, 7) is 1.96. The minimum Gasteiger partial charge on any atom is -0.365 e. The number of fused-ring (bicyclic) bond motifs is 2. The lowest BCUT2D eigenvalue weighted by atomic mass is 9.95. The van der Waals surface area contributed by atoms with Crippen molar-refractivity contribution in [2.75, 3.05) is 0 Å². The number of rotatable bonds is 3. The number of nitrogens with two attached hydrogens (primary N) is 1. The maximum Gasteiger partial charge on any atom is 0.254 e. The minimum atomic E-state index is -0.546. The Kier molecular flexibility index (Phi) is 3.71. The molecule has 0 spiro atoms. The second-order valence-corrected chi connectivity index (χ2v) is 7.03. The van der Waals surface area contributed by atoms with Crippen LogP contribution in [0.5, 0.6) is 0 Å². The average molecular weight is 373 g/mol. The van der Waals surface area contributed by atoms with Crippen LogP contribution in [0.4, 0.5) is 0 Å². The first kappa shape index (κ1) is 16.6. The zero-order valence-corrected chi connectivity index (χ0v) is 15.5. The third-order valence-electron chi connectivity index (χ3n) is 5.12. The largest absolute Gasteiger partial charge is 0.365 e. The number of aromatic nitrogens is 6. The van der Waals surface area contributed by atoms with Crippen LogP contribution in [-0.4, -0.2) is 35.3 Å². The smallest absolute Gasteiger partial charge is 0.254 e. The highest BCUT2D eigenvalue weighted by Crippen LogP contribution is 2.32. The highest BCUT2D eigenvalue weighted by atomic mass is 16.1. The Bertz CT molecular complexity index is 1220. The molecule has 4 heterocycles. The van der Waals surface area contributed by atoms with E-state index in [1.807, 2.05) is 35.9 Å². The van der Waals surface area contributed by atoms with Crippen LogP contribution >= 0.6 is 0 Å². The van der Waals surface area contributed by atoms with E-state index in [9.17, 15) is 4.79 Å². The number of aryl methyl sites for hydroxylation is 2. The summed E-state index contributed by atoms with van der Waals surface area (Å²) in [5, 5.41) is 9.02. The van der Waals surface area contributed by atoms with Gasteiger partial charge in [0.1, 0.15) is 5.56 Å². The Balaban J connectivity index is 1.77. The van der Waals surface area contributed by atoms with Gasteiger partial charge in [-0.3, -0.25) is 4.79 Å². The summed E-state index contributed by atoms with van der Waals surface area (Å²) in [6, 6.07) is 7.77. The van der Waals surface area contributed by atoms with E-state index in [-0.39, 0.29) is 0 Å². The summed E-state index contributed by atoms with van der Waals surface area (Å²) in [6.07, 6.45) is 7.39. The fourth-order valence-electron chi connectivity index (χ4n) is 3.80. The van der Waals surface area contributed by atoms with Gasteiger partial charge in [-0.15, -0.1) is 0 Å². The predicted octanol–water partition coefficient (Wildman–Crippen LogP) is 2.26. The van der Waals surface area contributed by atoms with Crippen LogP contribution in [0, 0.1) is 6.92 Å². The second-order valence-electron chi connectivity index (χ2n) is 7.03. The summed E-state index contributed by atoms with van der Waals surface area (Å²) in [5.74, 6) is 0.213. The molecule has 1 aliphatic rings. The van der Waals surface area contributed by atoms with Gasteiger partial charge in [0.05, 0.1) is 23.3 Å². The third kappa shape index (κ3) is 2.57. The zero-order valence-electron chi connectivity index (χ0n) is 15.5. The first-order chi connectivity index (χ1) is 13.6. The van der Waals surface area contributed by atoms with Crippen molar-refractivity contribution in [1.29, 1.82) is 0 Å². The summed E-state index contributed by atoms with van der Waals surface area (Å²) in [5.41, 5.74) is 11.1. The maximum atomic E-state index is 11.7. The molecule has 28 heavy (non-hydrogen) atoms. The first-order valence-electron chi connectivity index (χ1n) is 9.31. The monoisotopic (exact) mass is 373 g/mol. The Morgan fingerprint density at radius 3 is 2.82 bits per heavy atom. The highest BCUT2D eigenvalue weighted by Gasteiger charge is 2.24. The van der Waals surface area contributed by atoms with E-state index in [1.165, 1.54) is 11.8 Å². The first-order valence-corrected chi connectivity index (χ1v) is 9.31. The Hall–Kier alpha value is -3.55. The summed E-state index contributed by atoms with van der Waals surface area (Å²) in [4.78, 5) is 21.1. The van der Waals surface area contributed by atoms with Crippen molar-refractivity contribution in [3.63, 3.8) is 0 Å². The quantitative estimate of drug-likeness (QED) is 0.593. The van der Waals surface area contributed by atoms with Gasteiger partial charge in [0.15, 0.2) is 11.5 Å². The van der Waals surface area contributed by atoms with Crippen molar-refractivity contribution < 1.29 is 4.79 Å². The number of hydrogen-bond acceptors (Lipinski definition) is 5. The van der Waals surface area contributed by atoms with E-state index < -0.39 is 5.91 Å². The van der Waals surface area contributed by atoms with Gasteiger partial charge in [-0.05, 0) is 50.8 Å². The molecule has 0 saturated carbocycles. The molecule has 8 nitrogen and oxygen atoms in total. The van der Waals surface area contributed by atoms with Gasteiger partial charge in [0, 0.05) is 17.5 Å². The van der Waals surface area contributed by atoms with E-state index >= 15 is 0 Å². The molecule has 0 fully saturated rings. The van der Waals surface area contributed by atoms with Gasteiger partial charge in [0.2, 0.25) is 0 Å². The second kappa shape index (κ2) is 6.26. The molecule has 0 radical (unpaired) electrons. The van der Waals surface area contributed by atoms with Crippen molar-refractivity contribution in [1.82, 2.24) is 29.4 Å². The number of nitrogens with zero attached hydrogens (tertiary/aromatic N) is 6. The highest BCUT2D eigenvalue weighted by molar-refractivity contribution is 5.98. The van der Waals surface area contributed by atoms with Crippen LogP contribution < -0.4 is 5.73 Å². The SMILES string of the molecule is Cc1cccc(-n2nc3c(c2-c2ccn4ncc(C(N)=O)c4n2)CCCC3)n1. The molecule has 0 unspecified atom stereocenters. The molecular weight excluding hydrogens is 354 g/mol.